The fourth-order valence-electron chi connectivity index (χ4n) is 0.676. The van der Waals surface area contributed by atoms with Crippen molar-refractivity contribution >= 4 is 23.2 Å². The molecule has 0 saturated carbocycles. The van der Waals surface area contributed by atoms with Crippen LogP contribution in [0.15, 0.2) is 6.07 Å². The molecule has 0 bridgehead atoms. The molecule has 1 aromatic rings. The molecule has 12 heavy (non-hydrogen) atoms. The molecule has 1 heterocycles. The van der Waals surface area contributed by atoms with Crippen LogP contribution in [0.25, 0.3) is 0 Å². The van der Waals surface area contributed by atoms with Gasteiger partial charge in [0, 0.05) is 13.1 Å². The van der Waals surface area contributed by atoms with Gasteiger partial charge in [-0.05, 0) is 0 Å². The zero-order chi connectivity index (χ0) is 9.14. The highest BCUT2D eigenvalue weighted by molar-refractivity contribution is 6.29. The molecular formula is C6H7ClN4O. The number of anilines is 1. The Labute approximate surface area is 73.9 Å². The molecule has 1 aromatic heterocycles. The summed E-state index contributed by atoms with van der Waals surface area (Å²) in [6.07, 6.45) is 0. The summed E-state index contributed by atoms with van der Waals surface area (Å²) in [6, 6.07) is 1.37. The highest BCUT2D eigenvalue weighted by Gasteiger charge is 2.10. The van der Waals surface area contributed by atoms with Crippen LogP contribution in [0.5, 0.6) is 0 Å². The molecule has 0 atom stereocenters. The van der Waals surface area contributed by atoms with Gasteiger partial charge in [-0.1, -0.05) is 11.6 Å². The third-order valence-electron chi connectivity index (χ3n) is 1.24. The summed E-state index contributed by atoms with van der Waals surface area (Å²) in [5.74, 6) is -0.378. The van der Waals surface area contributed by atoms with E-state index < -0.39 is 0 Å². The van der Waals surface area contributed by atoms with Crippen molar-refractivity contribution in [2.24, 2.45) is 0 Å². The Kier molecular flexibility index (Phi) is 2.44. The maximum atomic E-state index is 11.0. The largest absolute Gasteiger partial charge is 0.397 e. The van der Waals surface area contributed by atoms with E-state index in [0.29, 0.717) is 0 Å². The molecule has 0 fully saturated rings. The number of carbonyl (C=O) groups is 1. The number of nitrogens with two attached hydrogens (primary N) is 1. The Hall–Kier alpha value is -1.36. The Bertz CT molecular complexity index is 314. The van der Waals surface area contributed by atoms with Crippen molar-refractivity contribution in [3.8, 4) is 0 Å². The van der Waals surface area contributed by atoms with E-state index in [2.05, 4.69) is 15.5 Å². The Morgan fingerprint density at radius 1 is 1.67 bits per heavy atom. The van der Waals surface area contributed by atoms with Crippen molar-refractivity contribution in [3.63, 3.8) is 0 Å². The van der Waals surface area contributed by atoms with Gasteiger partial charge in [0.2, 0.25) is 0 Å². The molecule has 0 saturated heterocycles. The van der Waals surface area contributed by atoms with Gasteiger partial charge in [-0.15, -0.1) is 10.2 Å². The Morgan fingerprint density at radius 2 is 2.33 bits per heavy atom. The monoisotopic (exact) mass is 186 g/mol. The van der Waals surface area contributed by atoms with E-state index in [4.69, 9.17) is 17.3 Å². The molecule has 0 spiro atoms. The van der Waals surface area contributed by atoms with Gasteiger partial charge in [0.05, 0.1) is 5.69 Å². The van der Waals surface area contributed by atoms with Gasteiger partial charge in [-0.25, -0.2) is 0 Å². The van der Waals surface area contributed by atoms with E-state index in [0.717, 1.165) is 0 Å². The molecule has 5 nitrogen and oxygen atoms in total. The van der Waals surface area contributed by atoms with Crippen LogP contribution in [0.3, 0.4) is 0 Å². The quantitative estimate of drug-likeness (QED) is 0.651. The van der Waals surface area contributed by atoms with Gasteiger partial charge in [0.15, 0.2) is 10.8 Å². The zero-order valence-electron chi connectivity index (χ0n) is 6.34. The van der Waals surface area contributed by atoms with Crippen LogP contribution < -0.4 is 11.1 Å². The van der Waals surface area contributed by atoms with E-state index in [1.807, 2.05) is 0 Å². The zero-order valence-corrected chi connectivity index (χ0v) is 7.09. The van der Waals surface area contributed by atoms with Gasteiger partial charge in [0.1, 0.15) is 0 Å². The summed E-state index contributed by atoms with van der Waals surface area (Å²) in [4.78, 5) is 11.0. The summed E-state index contributed by atoms with van der Waals surface area (Å²) < 4.78 is 0. The first-order valence-electron chi connectivity index (χ1n) is 3.16. The number of aromatic nitrogens is 2. The number of amides is 1. The molecule has 0 aromatic carbocycles. The number of hydrogen-bond acceptors (Lipinski definition) is 4. The van der Waals surface area contributed by atoms with Crippen molar-refractivity contribution in [1.82, 2.24) is 15.5 Å². The second kappa shape index (κ2) is 3.36. The van der Waals surface area contributed by atoms with Crippen LogP contribution in [0, 0.1) is 0 Å². The number of nitrogen functional groups attached to an aromatic ring is 1. The average Bonchev–Trinajstić information content (AvgIpc) is 2.03. The molecule has 0 aliphatic rings. The summed E-state index contributed by atoms with van der Waals surface area (Å²) in [6.45, 7) is 0. The molecular weight excluding hydrogens is 180 g/mol. The second-order valence-corrected chi connectivity index (χ2v) is 2.44. The van der Waals surface area contributed by atoms with E-state index in [-0.39, 0.29) is 22.4 Å². The lowest BCUT2D eigenvalue weighted by molar-refractivity contribution is 0.0958. The number of hydrogen-bond donors (Lipinski definition) is 2. The van der Waals surface area contributed by atoms with Gasteiger partial charge >= 0.3 is 0 Å². The summed E-state index contributed by atoms with van der Waals surface area (Å²) >= 11 is 5.48. The van der Waals surface area contributed by atoms with Gasteiger partial charge in [-0.2, -0.15) is 0 Å². The molecule has 6 heteroatoms. The minimum atomic E-state index is -0.378. The molecule has 0 aliphatic heterocycles. The Balaban J connectivity index is 3.09. The van der Waals surface area contributed by atoms with Crippen molar-refractivity contribution in [2.45, 2.75) is 0 Å². The first-order chi connectivity index (χ1) is 5.65. The van der Waals surface area contributed by atoms with Gasteiger partial charge in [0.25, 0.3) is 5.91 Å². The van der Waals surface area contributed by atoms with E-state index in [1.165, 1.54) is 13.1 Å². The minimum absolute atomic E-state index is 0.0851. The molecule has 3 N–H and O–H groups in total. The molecule has 1 amide bonds. The van der Waals surface area contributed by atoms with Gasteiger partial charge in [-0.3, -0.25) is 4.79 Å². The fraction of sp³-hybridized carbons (Fsp3) is 0.167. The molecule has 64 valence electrons. The first-order valence-corrected chi connectivity index (χ1v) is 3.53. The average molecular weight is 187 g/mol. The standard InChI is InChI=1S/C6H7ClN4O/c1-9-6(12)5-3(8)2-4(7)10-11-5/h2H,1H3,(H2,8,10)(H,9,12). The predicted octanol–water partition coefficient (Wildman–Crippen LogP) is 0.0718. The summed E-state index contributed by atoms with van der Waals surface area (Å²) in [5, 5.41) is 9.56. The SMILES string of the molecule is CNC(=O)c1nnc(Cl)cc1N. The van der Waals surface area contributed by atoms with E-state index in [1.54, 1.807) is 0 Å². The third kappa shape index (κ3) is 1.62. The molecule has 0 radical (unpaired) electrons. The maximum absolute atomic E-state index is 11.0. The summed E-state index contributed by atoms with van der Waals surface area (Å²) in [5.41, 5.74) is 5.75. The lowest BCUT2D eigenvalue weighted by Crippen LogP contribution is -2.21. The van der Waals surface area contributed by atoms with Crippen molar-refractivity contribution in [1.29, 1.82) is 0 Å². The van der Waals surface area contributed by atoms with Gasteiger partial charge < -0.3 is 11.1 Å². The molecule has 1 rings (SSSR count). The lowest BCUT2D eigenvalue weighted by Gasteiger charge is -2.00. The number of rotatable bonds is 1. The van der Waals surface area contributed by atoms with Crippen LogP contribution in [0.1, 0.15) is 10.5 Å². The smallest absolute Gasteiger partial charge is 0.273 e. The van der Waals surface area contributed by atoms with Crippen LogP contribution >= 0.6 is 11.6 Å². The minimum Gasteiger partial charge on any atom is -0.397 e. The highest BCUT2D eigenvalue weighted by atomic mass is 35.5. The highest BCUT2D eigenvalue weighted by Crippen LogP contribution is 2.11. The van der Waals surface area contributed by atoms with Crippen LogP contribution in [-0.4, -0.2) is 23.2 Å². The Morgan fingerprint density at radius 3 is 2.83 bits per heavy atom. The van der Waals surface area contributed by atoms with E-state index in [9.17, 15) is 4.79 Å². The van der Waals surface area contributed by atoms with Crippen LogP contribution in [-0.2, 0) is 0 Å². The van der Waals surface area contributed by atoms with Crippen molar-refractivity contribution in [3.05, 3.63) is 16.9 Å². The molecule has 0 aliphatic carbocycles. The number of nitrogens with zero attached hydrogens (tertiary/aromatic N) is 2. The second-order valence-electron chi connectivity index (χ2n) is 2.05. The van der Waals surface area contributed by atoms with Crippen molar-refractivity contribution < 1.29 is 4.79 Å². The number of carbonyl (C=O) groups excluding carboxylic acids is 1. The van der Waals surface area contributed by atoms with Crippen molar-refractivity contribution in [2.75, 3.05) is 12.8 Å². The van der Waals surface area contributed by atoms with Crippen LogP contribution in [0.4, 0.5) is 5.69 Å². The third-order valence-corrected chi connectivity index (χ3v) is 1.42. The number of nitrogens with one attached hydrogen (secondary N) is 1. The molecule has 0 unspecified atom stereocenters. The van der Waals surface area contributed by atoms with Crippen LogP contribution in [0.2, 0.25) is 5.15 Å². The summed E-state index contributed by atoms with van der Waals surface area (Å²) in [7, 11) is 1.48. The predicted molar refractivity (Wildman–Crippen MR) is 44.8 cm³/mol. The maximum Gasteiger partial charge on any atom is 0.273 e. The topological polar surface area (TPSA) is 80.9 Å². The lowest BCUT2D eigenvalue weighted by atomic mass is 10.3. The fourth-order valence-corrected chi connectivity index (χ4v) is 0.831. The first kappa shape index (κ1) is 8.73. The number of halogens is 1. The normalized spacial score (nSPS) is 9.50. The van der Waals surface area contributed by atoms with E-state index >= 15 is 0 Å².